The minimum absolute atomic E-state index is 0.294. The van der Waals surface area contributed by atoms with Crippen molar-refractivity contribution in [3.63, 3.8) is 0 Å². The van der Waals surface area contributed by atoms with E-state index in [1.165, 1.54) is 0 Å². The summed E-state index contributed by atoms with van der Waals surface area (Å²) in [6, 6.07) is 7.28. The fourth-order valence-corrected chi connectivity index (χ4v) is 2.73. The Labute approximate surface area is 122 Å². The van der Waals surface area contributed by atoms with Gasteiger partial charge in [-0.15, -0.1) is 0 Å². The Balaban J connectivity index is 1.72. The van der Waals surface area contributed by atoms with E-state index < -0.39 is 18.1 Å². The Morgan fingerprint density at radius 3 is 2.71 bits per heavy atom. The van der Waals surface area contributed by atoms with Crippen molar-refractivity contribution in [3.05, 3.63) is 48.5 Å². The molecule has 0 radical (unpaired) electrons. The van der Waals surface area contributed by atoms with Gasteiger partial charge in [-0.2, -0.15) is 0 Å². The molecule has 3 rings (SSSR count). The predicted molar refractivity (Wildman–Crippen MR) is 76.0 cm³/mol. The van der Waals surface area contributed by atoms with Crippen molar-refractivity contribution in [1.29, 1.82) is 0 Å². The second-order valence-corrected chi connectivity index (χ2v) is 5.31. The number of hydrogen-bond donors (Lipinski definition) is 2. The number of benzene rings is 1. The molecule has 2 aromatic rings. The molecular weight excluding hydrogens is 270 g/mol. The fourth-order valence-electron chi connectivity index (χ4n) is 2.73. The van der Waals surface area contributed by atoms with E-state index in [0.29, 0.717) is 19.5 Å². The van der Waals surface area contributed by atoms with Gasteiger partial charge in [-0.25, -0.2) is 4.98 Å². The van der Waals surface area contributed by atoms with Crippen LogP contribution in [-0.2, 0) is 11.3 Å². The molecule has 0 spiro atoms. The van der Waals surface area contributed by atoms with Gasteiger partial charge in [-0.05, 0) is 17.7 Å². The first-order chi connectivity index (χ1) is 10.1. The Bertz CT molecular complexity index is 610. The molecule has 110 valence electrons. The molecule has 1 aliphatic rings. The number of carboxylic acids is 1. The normalized spacial score (nSPS) is 22.5. The Morgan fingerprint density at radius 2 is 2.10 bits per heavy atom. The SMILES string of the molecule is O=C(O)C1CC(O)CN1Cc1ccc(-n2ccnc2)cc1. The Hall–Kier alpha value is -2.18. The van der Waals surface area contributed by atoms with Crippen LogP contribution in [0.3, 0.4) is 0 Å². The molecule has 0 amide bonds. The highest BCUT2D eigenvalue weighted by Gasteiger charge is 2.35. The van der Waals surface area contributed by atoms with Crippen LogP contribution < -0.4 is 0 Å². The highest BCUT2D eigenvalue weighted by Crippen LogP contribution is 2.21. The van der Waals surface area contributed by atoms with Gasteiger partial charge in [0.2, 0.25) is 0 Å². The van der Waals surface area contributed by atoms with Crippen molar-refractivity contribution >= 4 is 5.97 Å². The van der Waals surface area contributed by atoms with E-state index in [1.54, 1.807) is 17.4 Å². The molecule has 0 aliphatic carbocycles. The lowest BCUT2D eigenvalue weighted by Gasteiger charge is -2.20. The number of carbonyl (C=O) groups is 1. The number of hydrogen-bond acceptors (Lipinski definition) is 4. The molecule has 0 bridgehead atoms. The molecule has 6 heteroatoms. The first-order valence-corrected chi connectivity index (χ1v) is 6.85. The van der Waals surface area contributed by atoms with Crippen molar-refractivity contribution in [2.75, 3.05) is 6.54 Å². The maximum atomic E-state index is 11.2. The Morgan fingerprint density at radius 1 is 1.33 bits per heavy atom. The summed E-state index contributed by atoms with van der Waals surface area (Å²) in [7, 11) is 0. The summed E-state index contributed by atoms with van der Waals surface area (Å²) in [6.45, 7) is 0.929. The predicted octanol–water partition coefficient (Wildman–Crippen LogP) is 0.892. The third-order valence-corrected chi connectivity index (χ3v) is 3.79. The number of β-amino-alcohol motifs (C(OH)–C–C–N with tert-alkyl or cyclic N) is 1. The molecule has 6 nitrogen and oxygen atoms in total. The number of aromatic nitrogens is 2. The average Bonchev–Trinajstić information content (AvgIpc) is 3.09. The van der Waals surface area contributed by atoms with Crippen molar-refractivity contribution in [2.24, 2.45) is 0 Å². The first-order valence-electron chi connectivity index (χ1n) is 6.85. The van der Waals surface area contributed by atoms with Gasteiger partial charge < -0.3 is 14.8 Å². The molecule has 1 fully saturated rings. The highest BCUT2D eigenvalue weighted by atomic mass is 16.4. The minimum atomic E-state index is -0.874. The molecule has 2 unspecified atom stereocenters. The second-order valence-electron chi connectivity index (χ2n) is 5.31. The molecule has 21 heavy (non-hydrogen) atoms. The van der Waals surface area contributed by atoms with Gasteiger partial charge in [0.1, 0.15) is 6.04 Å². The van der Waals surface area contributed by atoms with Crippen molar-refractivity contribution < 1.29 is 15.0 Å². The third kappa shape index (κ3) is 2.96. The molecule has 1 aromatic heterocycles. The minimum Gasteiger partial charge on any atom is -0.480 e. The summed E-state index contributed by atoms with van der Waals surface area (Å²) in [6.07, 6.45) is 5.05. The molecular formula is C15H17N3O3. The van der Waals surface area contributed by atoms with Gasteiger partial charge in [0.25, 0.3) is 0 Å². The number of aliphatic carboxylic acids is 1. The number of carboxylic acid groups (broad SMARTS) is 1. The van der Waals surface area contributed by atoms with E-state index in [4.69, 9.17) is 0 Å². The zero-order chi connectivity index (χ0) is 14.8. The average molecular weight is 287 g/mol. The summed E-state index contributed by atoms with van der Waals surface area (Å²) in [4.78, 5) is 17.0. The number of aliphatic hydroxyl groups is 1. The summed E-state index contributed by atoms with van der Waals surface area (Å²) in [5.74, 6) is -0.874. The van der Waals surface area contributed by atoms with Crippen LogP contribution in [0, 0.1) is 0 Å². The van der Waals surface area contributed by atoms with E-state index in [2.05, 4.69) is 4.98 Å². The largest absolute Gasteiger partial charge is 0.480 e. The number of nitrogens with zero attached hydrogens (tertiary/aromatic N) is 3. The van der Waals surface area contributed by atoms with Crippen LogP contribution in [0.4, 0.5) is 0 Å². The van der Waals surface area contributed by atoms with Gasteiger partial charge in [0.15, 0.2) is 0 Å². The molecule has 1 aliphatic heterocycles. The van der Waals surface area contributed by atoms with Crippen LogP contribution in [0.2, 0.25) is 0 Å². The zero-order valence-electron chi connectivity index (χ0n) is 11.5. The highest BCUT2D eigenvalue weighted by molar-refractivity contribution is 5.74. The Kier molecular flexibility index (Phi) is 3.72. The summed E-state index contributed by atoms with van der Waals surface area (Å²) < 4.78 is 1.91. The summed E-state index contributed by atoms with van der Waals surface area (Å²) >= 11 is 0. The molecule has 1 saturated heterocycles. The lowest BCUT2D eigenvalue weighted by molar-refractivity contribution is -0.142. The number of rotatable bonds is 4. The van der Waals surface area contributed by atoms with Crippen LogP contribution in [0.25, 0.3) is 5.69 Å². The zero-order valence-corrected chi connectivity index (χ0v) is 11.5. The van der Waals surface area contributed by atoms with Gasteiger partial charge in [-0.1, -0.05) is 12.1 Å². The van der Waals surface area contributed by atoms with E-state index in [9.17, 15) is 15.0 Å². The van der Waals surface area contributed by atoms with E-state index in [-0.39, 0.29) is 0 Å². The van der Waals surface area contributed by atoms with Crippen LogP contribution in [0.15, 0.2) is 43.0 Å². The van der Waals surface area contributed by atoms with Crippen LogP contribution in [0.5, 0.6) is 0 Å². The smallest absolute Gasteiger partial charge is 0.321 e. The monoisotopic (exact) mass is 287 g/mol. The molecule has 2 N–H and O–H groups in total. The number of aliphatic hydroxyl groups excluding tert-OH is 1. The first kappa shape index (κ1) is 13.8. The van der Waals surface area contributed by atoms with Gasteiger partial charge in [0.05, 0.1) is 12.4 Å². The van der Waals surface area contributed by atoms with Gasteiger partial charge in [0, 0.05) is 37.6 Å². The topological polar surface area (TPSA) is 78.6 Å². The van der Waals surface area contributed by atoms with E-state index in [0.717, 1.165) is 11.3 Å². The maximum absolute atomic E-state index is 11.2. The second kappa shape index (κ2) is 5.67. The molecule has 2 atom stereocenters. The lowest BCUT2D eigenvalue weighted by atomic mass is 10.1. The quantitative estimate of drug-likeness (QED) is 0.873. The van der Waals surface area contributed by atoms with Gasteiger partial charge in [-0.3, -0.25) is 9.69 Å². The number of imidazole rings is 1. The van der Waals surface area contributed by atoms with Crippen molar-refractivity contribution in [1.82, 2.24) is 14.5 Å². The van der Waals surface area contributed by atoms with Crippen LogP contribution in [-0.4, -0.2) is 49.3 Å². The third-order valence-electron chi connectivity index (χ3n) is 3.79. The number of likely N-dealkylation sites (tertiary alicyclic amines) is 1. The molecule has 2 heterocycles. The summed E-state index contributed by atoms with van der Waals surface area (Å²) in [5, 5.41) is 18.8. The lowest BCUT2D eigenvalue weighted by Crippen LogP contribution is -2.35. The van der Waals surface area contributed by atoms with Crippen molar-refractivity contribution in [3.8, 4) is 5.69 Å². The fraction of sp³-hybridized carbons (Fsp3) is 0.333. The van der Waals surface area contributed by atoms with E-state index in [1.807, 2.05) is 35.0 Å². The maximum Gasteiger partial charge on any atom is 0.321 e. The van der Waals surface area contributed by atoms with Crippen LogP contribution in [0.1, 0.15) is 12.0 Å². The standard InChI is InChI=1S/C15H17N3O3/c19-13-7-14(15(20)21)18(9-13)8-11-1-3-12(4-2-11)17-6-5-16-10-17/h1-6,10,13-14,19H,7-9H2,(H,20,21). The van der Waals surface area contributed by atoms with Gasteiger partial charge >= 0.3 is 5.97 Å². The summed E-state index contributed by atoms with van der Waals surface area (Å²) in [5.41, 5.74) is 2.03. The molecule has 1 aromatic carbocycles. The molecule has 0 saturated carbocycles. The van der Waals surface area contributed by atoms with Crippen molar-refractivity contribution in [2.45, 2.75) is 25.1 Å². The van der Waals surface area contributed by atoms with E-state index >= 15 is 0 Å². The van der Waals surface area contributed by atoms with Crippen LogP contribution >= 0.6 is 0 Å².